The third kappa shape index (κ3) is 4.68. The number of aliphatic carboxylic acids is 1. The van der Waals surface area contributed by atoms with Crippen LogP contribution in [0, 0.1) is 0 Å². The Balaban J connectivity index is 2.84. The first-order chi connectivity index (χ1) is 9.85. The molecular formula is C13H16N2O6. The van der Waals surface area contributed by atoms with Crippen molar-refractivity contribution in [3.8, 4) is 11.5 Å². The fraction of sp³-hybridized carbons (Fsp3) is 0.308. The van der Waals surface area contributed by atoms with Crippen LogP contribution in [0.4, 0.5) is 0 Å². The summed E-state index contributed by atoms with van der Waals surface area (Å²) in [6.45, 7) is 0.916. The fourth-order valence-electron chi connectivity index (χ4n) is 1.53. The highest BCUT2D eigenvalue weighted by Crippen LogP contribution is 2.28. The molecule has 1 atom stereocenters. The number of carboxylic acid groups (broad SMARTS) is 1. The number of carboxylic acids is 1. The molecule has 0 aliphatic heterocycles. The van der Waals surface area contributed by atoms with Crippen LogP contribution in [0.15, 0.2) is 18.2 Å². The number of benzene rings is 1. The Bertz CT molecular complexity index is 558. The van der Waals surface area contributed by atoms with Gasteiger partial charge in [0.25, 0.3) is 0 Å². The molecule has 0 saturated carbocycles. The maximum Gasteiger partial charge on any atom is 0.329 e. The monoisotopic (exact) mass is 296 g/mol. The molecule has 21 heavy (non-hydrogen) atoms. The third-order valence-corrected chi connectivity index (χ3v) is 2.53. The number of carbonyl (C=O) groups is 3. The van der Waals surface area contributed by atoms with E-state index in [9.17, 15) is 14.4 Å². The number of nitrogens with two attached hydrogens (primary N) is 1. The summed E-state index contributed by atoms with van der Waals surface area (Å²) in [6.07, 6.45) is 0. The van der Waals surface area contributed by atoms with E-state index < -0.39 is 23.8 Å². The highest BCUT2D eigenvalue weighted by atomic mass is 16.5. The second kappa shape index (κ2) is 7.13. The van der Waals surface area contributed by atoms with Gasteiger partial charge in [-0.2, -0.15) is 0 Å². The lowest BCUT2D eigenvalue weighted by Gasteiger charge is -2.16. The molecule has 0 aromatic heterocycles. The Morgan fingerprint density at radius 3 is 2.48 bits per heavy atom. The number of rotatable bonds is 7. The van der Waals surface area contributed by atoms with Gasteiger partial charge >= 0.3 is 5.97 Å². The second-order valence-electron chi connectivity index (χ2n) is 4.13. The molecule has 1 aromatic carbocycles. The van der Waals surface area contributed by atoms with Crippen LogP contribution in [0.5, 0.6) is 11.5 Å². The molecule has 4 N–H and O–H groups in total. The molecule has 0 saturated heterocycles. The summed E-state index contributed by atoms with van der Waals surface area (Å²) in [5, 5.41) is 11.2. The molecule has 8 nitrogen and oxygen atoms in total. The predicted molar refractivity (Wildman–Crippen MR) is 72.2 cm³/mol. The van der Waals surface area contributed by atoms with E-state index in [1.165, 1.54) is 32.2 Å². The summed E-state index contributed by atoms with van der Waals surface area (Å²) in [5.74, 6) is -1.86. The van der Waals surface area contributed by atoms with Gasteiger partial charge in [-0.15, -0.1) is 0 Å². The van der Waals surface area contributed by atoms with E-state index in [1.807, 2.05) is 0 Å². The minimum atomic E-state index is -1.22. The molecule has 0 aliphatic carbocycles. The number of amides is 2. The third-order valence-electron chi connectivity index (χ3n) is 2.53. The molecule has 0 bridgehead atoms. The Morgan fingerprint density at radius 1 is 1.33 bits per heavy atom. The van der Waals surface area contributed by atoms with Crippen molar-refractivity contribution in [2.45, 2.75) is 13.0 Å². The van der Waals surface area contributed by atoms with Gasteiger partial charge in [-0.25, -0.2) is 4.79 Å². The van der Waals surface area contributed by atoms with Gasteiger partial charge in [-0.05, 0) is 18.2 Å². The minimum absolute atomic E-state index is 0.232. The molecule has 1 unspecified atom stereocenters. The van der Waals surface area contributed by atoms with Crippen LogP contribution in [0.1, 0.15) is 17.3 Å². The van der Waals surface area contributed by atoms with E-state index >= 15 is 0 Å². The van der Waals surface area contributed by atoms with E-state index in [1.54, 1.807) is 0 Å². The van der Waals surface area contributed by atoms with E-state index in [0.717, 1.165) is 0 Å². The van der Waals surface area contributed by atoms with Gasteiger partial charge in [-0.3, -0.25) is 9.59 Å². The quantitative estimate of drug-likeness (QED) is 0.637. The van der Waals surface area contributed by atoms with Gasteiger partial charge in [0.2, 0.25) is 11.8 Å². The predicted octanol–water partition coefficient (Wildman–Crippen LogP) is -0.238. The number of nitrogens with one attached hydrogen (secondary N) is 1. The molecule has 0 aliphatic rings. The van der Waals surface area contributed by atoms with Crippen molar-refractivity contribution >= 4 is 17.8 Å². The van der Waals surface area contributed by atoms with Crippen LogP contribution in [-0.2, 0) is 9.59 Å². The normalized spacial score (nSPS) is 11.3. The summed E-state index contributed by atoms with van der Waals surface area (Å²) in [7, 11) is 1.37. The number of methoxy groups -OCH3 is 1. The largest absolute Gasteiger partial charge is 0.493 e. The maximum atomic E-state index is 11.1. The first-order valence-corrected chi connectivity index (χ1v) is 5.95. The van der Waals surface area contributed by atoms with Gasteiger partial charge in [0.05, 0.1) is 7.11 Å². The van der Waals surface area contributed by atoms with Crippen LogP contribution in [0.25, 0.3) is 0 Å². The minimum Gasteiger partial charge on any atom is -0.493 e. The molecule has 114 valence electrons. The van der Waals surface area contributed by atoms with E-state index in [4.69, 9.17) is 20.3 Å². The Morgan fingerprint density at radius 2 is 2.00 bits per heavy atom. The summed E-state index contributed by atoms with van der Waals surface area (Å²) < 4.78 is 10.4. The van der Waals surface area contributed by atoms with Gasteiger partial charge in [0.15, 0.2) is 17.5 Å². The highest BCUT2D eigenvalue weighted by molar-refractivity contribution is 5.93. The zero-order valence-corrected chi connectivity index (χ0v) is 11.6. The van der Waals surface area contributed by atoms with Crippen molar-refractivity contribution in [2.75, 3.05) is 13.7 Å². The molecule has 1 rings (SSSR count). The topological polar surface area (TPSA) is 128 Å². The maximum absolute atomic E-state index is 11.1. The van der Waals surface area contributed by atoms with Crippen molar-refractivity contribution in [3.05, 3.63) is 23.8 Å². The average molecular weight is 296 g/mol. The van der Waals surface area contributed by atoms with Crippen LogP contribution >= 0.6 is 0 Å². The summed E-state index contributed by atoms with van der Waals surface area (Å²) in [5.41, 5.74) is 5.38. The Labute approximate surface area is 120 Å². The summed E-state index contributed by atoms with van der Waals surface area (Å²) >= 11 is 0. The summed E-state index contributed by atoms with van der Waals surface area (Å²) in [6, 6.07) is 3.05. The van der Waals surface area contributed by atoms with Crippen LogP contribution in [0.2, 0.25) is 0 Å². The van der Waals surface area contributed by atoms with Gasteiger partial charge < -0.3 is 25.6 Å². The lowest BCUT2D eigenvalue weighted by atomic mass is 10.2. The van der Waals surface area contributed by atoms with E-state index in [2.05, 4.69) is 5.32 Å². The number of carbonyl (C=O) groups excluding carboxylic acids is 2. The van der Waals surface area contributed by atoms with Crippen LogP contribution < -0.4 is 20.5 Å². The zero-order valence-electron chi connectivity index (χ0n) is 11.6. The second-order valence-corrected chi connectivity index (χ2v) is 4.13. The highest BCUT2D eigenvalue weighted by Gasteiger charge is 2.20. The Hall–Kier alpha value is -2.77. The zero-order chi connectivity index (χ0) is 16.0. The van der Waals surface area contributed by atoms with Crippen LogP contribution in [0.3, 0.4) is 0 Å². The Kier molecular flexibility index (Phi) is 5.53. The van der Waals surface area contributed by atoms with E-state index in [-0.39, 0.29) is 23.7 Å². The molecule has 0 radical (unpaired) electrons. The number of hydrogen-bond donors (Lipinski definition) is 3. The molecule has 1 aromatic rings. The molecule has 0 fully saturated rings. The molecule has 8 heteroatoms. The lowest BCUT2D eigenvalue weighted by Crippen LogP contribution is -2.43. The van der Waals surface area contributed by atoms with Crippen molar-refractivity contribution in [1.29, 1.82) is 0 Å². The number of hydrogen-bond acceptors (Lipinski definition) is 5. The number of primary amides is 1. The standard InChI is InChI=1S/C13H16N2O6/c1-7(16)15-9(13(18)19)6-21-10-4-3-8(12(14)17)5-11(10)20-2/h3-5,9H,6H2,1-2H3,(H2,14,17)(H,15,16)(H,18,19). The van der Waals surface area contributed by atoms with Crippen LogP contribution in [-0.4, -0.2) is 42.6 Å². The van der Waals surface area contributed by atoms with Gasteiger partial charge in [-0.1, -0.05) is 0 Å². The molecule has 2 amide bonds. The van der Waals surface area contributed by atoms with Gasteiger partial charge in [0, 0.05) is 12.5 Å². The SMILES string of the molecule is COc1cc(C(N)=O)ccc1OCC(NC(C)=O)C(=O)O. The van der Waals surface area contributed by atoms with Crippen molar-refractivity contribution in [3.63, 3.8) is 0 Å². The lowest BCUT2D eigenvalue weighted by molar-refractivity contribution is -0.142. The first-order valence-electron chi connectivity index (χ1n) is 5.95. The van der Waals surface area contributed by atoms with Gasteiger partial charge in [0.1, 0.15) is 6.61 Å². The summed E-state index contributed by atoms with van der Waals surface area (Å²) in [4.78, 5) is 32.9. The van der Waals surface area contributed by atoms with Crippen molar-refractivity contribution < 1.29 is 29.0 Å². The average Bonchev–Trinajstić information content (AvgIpc) is 2.42. The molecule has 0 heterocycles. The number of ether oxygens (including phenoxy) is 2. The fourth-order valence-corrected chi connectivity index (χ4v) is 1.53. The van der Waals surface area contributed by atoms with Crippen molar-refractivity contribution in [1.82, 2.24) is 5.32 Å². The molecule has 0 spiro atoms. The van der Waals surface area contributed by atoms with E-state index in [0.29, 0.717) is 0 Å². The van der Waals surface area contributed by atoms with Crippen molar-refractivity contribution in [2.24, 2.45) is 5.73 Å². The molecular weight excluding hydrogens is 280 g/mol. The smallest absolute Gasteiger partial charge is 0.329 e. The first kappa shape index (κ1) is 16.3.